The van der Waals surface area contributed by atoms with Crippen LogP contribution in [0.25, 0.3) is 0 Å². The number of nitrogens with zero attached hydrogens (tertiary/aromatic N) is 3. The molecule has 0 spiro atoms. The predicted octanol–water partition coefficient (Wildman–Crippen LogP) is 3.72. The first-order chi connectivity index (χ1) is 10.2. The van der Waals surface area contributed by atoms with Crippen molar-refractivity contribution in [2.24, 2.45) is 0 Å². The number of aryl methyl sites for hydroxylation is 1. The van der Waals surface area contributed by atoms with E-state index in [1.807, 2.05) is 29.8 Å². The van der Waals surface area contributed by atoms with Crippen molar-refractivity contribution in [2.45, 2.75) is 53.0 Å². The molecule has 1 N–H and O–H groups in total. The summed E-state index contributed by atoms with van der Waals surface area (Å²) in [6, 6.07) is 5.62. The van der Waals surface area contributed by atoms with Gasteiger partial charge in [-0.2, -0.15) is 5.10 Å². The highest BCUT2D eigenvalue weighted by atomic mass is 16.2. The average Bonchev–Trinajstić information content (AvgIpc) is 2.86. The van der Waals surface area contributed by atoms with E-state index in [1.54, 1.807) is 6.20 Å². The molecular formula is C17H24N4O. The minimum absolute atomic E-state index is 0.168. The highest BCUT2D eigenvalue weighted by Crippen LogP contribution is 2.24. The smallest absolute Gasteiger partial charge is 0.277 e. The summed E-state index contributed by atoms with van der Waals surface area (Å²) in [6.45, 7) is 12.4. The second-order valence-electron chi connectivity index (χ2n) is 6.81. The van der Waals surface area contributed by atoms with Crippen LogP contribution in [0.3, 0.4) is 0 Å². The molecule has 0 bridgehead atoms. The quantitative estimate of drug-likeness (QED) is 0.940. The lowest BCUT2D eigenvalue weighted by molar-refractivity contribution is 0.102. The SMILES string of the molecule is Cc1cccnc1NC(=O)c1cc(C(C)C)n(C(C)(C)C)n1. The Bertz CT molecular complexity index is 680. The molecule has 0 fully saturated rings. The summed E-state index contributed by atoms with van der Waals surface area (Å²) in [5, 5.41) is 7.34. The molecule has 0 saturated heterocycles. The third-order valence-corrected chi connectivity index (χ3v) is 3.44. The molecule has 118 valence electrons. The maximum Gasteiger partial charge on any atom is 0.277 e. The molecule has 0 aliphatic carbocycles. The maximum atomic E-state index is 12.5. The van der Waals surface area contributed by atoms with Gasteiger partial charge in [-0.1, -0.05) is 19.9 Å². The molecule has 0 aromatic carbocycles. The Morgan fingerprint density at radius 1 is 1.32 bits per heavy atom. The van der Waals surface area contributed by atoms with Gasteiger partial charge in [-0.05, 0) is 51.3 Å². The van der Waals surface area contributed by atoms with Gasteiger partial charge < -0.3 is 5.32 Å². The Labute approximate surface area is 131 Å². The molecule has 2 heterocycles. The largest absolute Gasteiger partial charge is 0.305 e. The van der Waals surface area contributed by atoms with Crippen LogP contribution in [0.15, 0.2) is 24.4 Å². The molecule has 0 unspecified atom stereocenters. The summed E-state index contributed by atoms with van der Waals surface area (Å²) in [7, 11) is 0. The van der Waals surface area contributed by atoms with E-state index in [0.29, 0.717) is 17.4 Å². The molecule has 2 aromatic rings. The minimum atomic E-state index is -0.230. The zero-order valence-corrected chi connectivity index (χ0v) is 14.1. The number of hydrogen-bond donors (Lipinski definition) is 1. The van der Waals surface area contributed by atoms with E-state index < -0.39 is 0 Å². The van der Waals surface area contributed by atoms with Crippen LogP contribution < -0.4 is 5.32 Å². The fraction of sp³-hybridized carbons (Fsp3) is 0.471. The van der Waals surface area contributed by atoms with Crippen molar-refractivity contribution in [3.63, 3.8) is 0 Å². The topological polar surface area (TPSA) is 59.8 Å². The number of aromatic nitrogens is 3. The molecule has 5 heteroatoms. The van der Waals surface area contributed by atoms with E-state index in [9.17, 15) is 4.79 Å². The van der Waals surface area contributed by atoms with Gasteiger partial charge in [-0.25, -0.2) is 4.98 Å². The number of amides is 1. The minimum Gasteiger partial charge on any atom is -0.305 e. The number of carbonyl (C=O) groups is 1. The molecule has 22 heavy (non-hydrogen) atoms. The third kappa shape index (κ3) is 3.35. The van der Waals surface area contributed by atoms with E-state index in [1.165, 1.54) is 0 Å². The lowest BCUT2D eigenvalue weighted by Crippen LogP contribution is -2.26. The Kier molecular flexibility index (Phi) is 4.35. The van der Waals surface area contributed by atoms with E-state index in [2.05, 4.69) is 50.0 Å². The number of rotatable bonds is 3. The molecule has 1 amide bonds. The number of carbonyl (C=O) groups excluding carboxylic acids is 1. The lowest BCUT2D eigenvalue weighted by Gasteiger charge is -2.23. The van der Waals surface area contributed by atoms with Gasteiger partial charge in [0, 0.05) is 11.9 Å². The van der Waals surface area contributed by atoms with Gasteiger partial charge in [0.15, 0.2) is 5.69 Å². The van der Waals surface area contributed by atoms with Crippen LogP contribution in [0.5, 0.6) is 0 Å². The second kappa shape index (κ2) is 5.91. The van der Waals surface area contributed by atoms with E-state index >= 15 is 0 Å². The zero-order valence-electron chi connectivity index (χ0n) is 14.1. The summed E-state index contributed by atoms with van der Waals surface area (Å²) < 4.78 is 1.93. The van der Waals surface area contributed by atoms with Crippen molar-refractivity contribution < 1.29 is 4.79 Å². The van der Waals surface area contributed by atoms with Crippen molar-refractivity contribution in [2.75, 3.05) is 5.32 Å². The predicted molar refractivity (Wildman–Crippen MR) is 88.2 cm³/mol. The number of pyridine rings is 1. The zero-order chi connectivity index (χ0) is 16.5. The van der Waals surface area contributed by atoms with Crippen molar-refractivity contribution in [1.82, 2.24) is 14.8 Å². The molecular weight excluding hydrogens is 276 g/mol. The summed E-state index contributed by atoms with van der Waals surface area (Å²) in [5.41, 5.74) is 2.23. The second-order valence-corrected chi connectivity index (χ2v) is 6.81. The Hall–Kier alpha value is -2.17. The monoisotopic (exact) mass is 300 g/mol. The van der Waals surface area contributed by atoms with Crippen molar-refractivity contribution in [3.8, 4) is 0 Å². The fourth-order valence-electron chi connectivity index (χ4n) is 2.24. The highest BCUT2D eigenvalue weighted by molar-refractivity contribution is 6.02. The highest BCUT2D eigenvalue weighted by Gasteiger charge is 2.23. The molecule has 2 aromatic heterocycles. The van der Waals surface area contributed by atoms with Gasteiger partial charge in [0.25, 0.3) is 5.91 Å². The van der Waals surface area contributed by atoms with Crippen molar-refractivity contribution in [3.05, 3.63) is 41.3 Å². The van der Waals surface area contributed by atoms with Gasteiger partial charge in [0.2, 0.25) is 0 Å². The molecule has 0 radical (unpaired) electrons. The molecule has 0 saturated carbocycles. The summed E-state index contributed by atoms with van der Waals surface area (Å²) in [4.78, 5) is 16.6. The Balaban J connectivity index is 2.33. The lowest BCUT2D eigenvalue weighted by atomic mass is 10.1. The summed E-state index contributed by atoms with van der Waals surface area (Å²) >= 11 is 0. The first-order valence-corrected chi connectivity index (χ1v) is 7.53. The van der Waals surface area contributed by atoms with Crippen molar-refractivity contribution in [1.29, 1.82) is 0 Å². The summed E-state index contributed by atoms with van der Waals surface area (Å²) in [5.74, 6) is 0.639. The summed E-state index contributed by atoms with van der Waals surface area (Å²) in [6.07, 6.45) is 1.66. The van der Waals surface area contributed by atoms with Crippen LogP contribution >= 0.6 is 0 Å². The Morgan fingerprint density at radius 3 is 2.50 bits per heavy atom. The van der Waals surface area contributed by atoms with Crippen LogP contribution in [0.4, 0.5) is 5.82 Å². The molecule has 0 aliphatic rings. The molecule has 2 rings (SSSR count). The van der Waals surface area contributed by atoms with E-state index in [-0.39, 0.29) is 11.4 Å². The Morgan fingerprint density at radius 2 is 2.00 bits per heavy atom. The van der Waals surface area contributed by atoms with Crippen LogP contribution in [-0.4, -0.2) is 20.7 Å². The van der Waals surface area contributed by atoms with Gasteiger partial charge in [-0.3, -0.25) is 9.48 Å². The number of nitrogens with one attached hydrogen (secondary N) is 1. The van der Waals surface area contributed by atoms with Gasteiger partial charge in [0.05, 0.1) is 5.54 Å². The number of hydrogen-bond acceptors (Lipinski definition) is 3. The van der Waals surface area contributed by atoms with Crippen LogP contribution in [0, 0.1) is 6.92 Å². The normalized spacial score (nSPS) is 11.8. The first kappa shape index (κ1) is 16.2. The standard InChI is InChI=1S/C17H24N4O/c1-11(2)14-10-13(20-21(14)17(4,5)6)16(22)19-15-12(3)8-7-9-18-15/h7-11H,1-6H3,(H,18,19,22). The number of anilines is 1. The van der Waals surface area contributed by atoms with Crippen LogP contribution in [0.1, 0.15) is 62.3 Å². The molecule has 0 atom stereocenters. The average molecular weight is 300 g/mol. The molecule has 5 nitrogen and oxygen atoms in total. The fourth-order valence-corrected chi connectivity index (χ4v) is 2.24. The van der Waals surface area contributed by atoms with E-state index in [4.69, 9.17) is 0 Å². The molecule has 0 aliphatic heterocycles. The van der Waals surface area contributed by atoms with Gasteiger partial charge >= 0.3 is 0 Å². The maximum absolute atomic E-state index is 12.5. The van der Waals surface area contributed by atoms with E-state index in [0.717, 1.165) is 11.3 Å². The van der Waals surface area contributed by atoms with Gasteiger partial charge in [-0.15, -0.1) is 0 Å². The van der Waals surface area contributed by atoms with Crippen LogP contribution in [-0.2, 0) is 5.54 Å². The van der Waals surface area contributed by atoms with Gasteiger partial charge in [0.1, 0.15) is 5.82 Å². The van der Waals surface area contributed by atoms with Crippen LogP contribution in [0.2, 0.25) is 0 Å². The van der Waals surface area contributed by atoms with Crippen molar-refractivity contribution >= 4 is 11.7 Å². The third-order valence-electron chi connectivity index (χ3n) is 3.44. The first-order valence-electron chi connectivity index (χ1n) is 7.53.